The molecule has 122 valence electrons. The van der Waals surface area contributed by atoms with E-state index in [0.29, 0.717) is 17.3 Å². The Balaban J connectivity index is 1.98. The van der Waals surface area contributed by atoms with Crippen molar-refractivity contribution in [3.8, 4) is 0 Å². The second kappa shape index (κ2) is 6.23. The third kappa shape index (κ3) is 2.90. The second-order valence-corrected chi connectivity index (χ2v) is 5.80. The molecule has 1 amide bonds. The van der Waals surface area contributed by atoms with Gasteiger partial charge in [-0.2, -0.15) is 0 Å². The van der Waals surface area contributed by atoms with E-state index in [-0.39, 0.29) is 5.91 Å². The Morgan fingerprint density at radius 2 is 1.71 bits per heavy atom. The maximum absolute atomic E-state index is 12.7. The van der Waals surface area contributed by atoms with E-state index in [4.69, 9.17) is 0 Å². The number of carbonyl (C=O) groups is 1. The Kier molecular flexibility index (Phi) is 4.12. The molecule has 0 aliphatic rings. The number of amides is 1. The van der Waals surface area contributed by atoms with Gasteiger partial charge >= 0.3 is 0 Å². The van der Waals surface area contributed by atoms with Crippen LogP contribution in [0.2, 0.25) is 0 Å². The van der Waals surface area contributed by atoms with Crippen LogP contribution in [0.25, 0.3) is 10.8 Å². The third-order valence-electron chi connectivity index (χ3n) is 3.79. The van der Waals surface area contributed by atoms with Crippen LogP contribution in [0.4, 0.5) is 11.6 Å². The fraction of sp³-hybridized carbons (Fsp3) is 0.222. The zero-order valence-electron chi connectivity index (χ0n) is 14.2. The highest BCUT2D eigenvalue weighted by atomic mass is 16.1. The molecule has 0 saturated heterocycles. The largest absolute Gasteiger partial charge is 0.347 e. The molecule has 2 heterocycles. The molecule has 24 heavy (non-hydrogen) atoms. The van der Waals surface area contributed by atoms with E-state index in [9.17, 15) is 4.79 Å². The predicted molar refractivity (Wildman–Crippen MR) is 95.5 cm³/mol. The maximum Gasteiger partial charge on any atom is 0.274 e. The molecular formula is C18H19N5O. The summed E-state index contributed by atoms with van der Waals surface area (Å²) in [5, 5.41) is 4.70. The summed E-state index contributed by atoms with van der Waals surface area (Å²) in [4.78, 5) is 27.6. The Hall–Kier alpha value is -3.02. The SMILES string of the molecule is Cc1nc(N(C)C)nc(C)c1NC(=O)c1nccc2ccccc12. The fourth-order valence-electron chi connectivity index (χ4n) is 2.55. The smallest absolute Gasteiger partial charge is 0.274 e. The molecule has 6 heteroatoms. The average Bonchev–Trinajstić information content (AvgIpc) is 2.57. The second-order valence-electron chi connectivity index (χ2n) is 5.80. The first-order chi connectivity index (χ1) is 11.5. The van der Waals surface area contributed by atoms with E-state index in [1.165, 1.54) is 0 Å². The van der Waals surface area contributed by atoms with E-state index in [1.807, 2.05) is 63.2 Å². The van der Waals surface area contributed by atoms with Gasteiger partial charge in [0.15, 0.2) is 0 Å². The number of nitrogens with one attached hydrogen (secondary N) is 1. The number of benzene rings is 1. The lowest BCUT2D eigenvalue weighted by molar-refractivity contribution is 0.102. The summed E-state index contributed by atoms with van der Waals surface area (Å²) in [5.74, 6) is 0.352. The minimum atomic E-state index is -0.265. The van der Waals surface area contributed by atoms with E-state index in [1.54, 1.807) is 6.20 Å². The zero-order valence-corrected chi connectivity index (χ0v) is 14.2. The molecule has 1 N–H and O–H groups in total. The van der Waals surface area contributed by atoms with Crippen LogP contribution in [-0.4, -0.2) is 35.0 Å². The van der Waals surface area contributed by atoms with E-state index < -0.39 is 0 Å². The van der Waals surface area contributed by atoms with E-state index in [2.05, 4.69) is 20.3 Å². The van der Waals surface area contributed by atoms with Crippen molar-refractivity contribution in [3.05, 3.63) is 53.6 Å². The molecule has 0 spiro atoms. The summed E-state index contributed by atoms with van der Waals surface area (Å²) in [6.45, 7) is 3.71. The van der Waals surface area contributed by atoms with Crippen LogP contribution in [0.5, 0.6) is 0 Å². The summed E-state index contributed by atoms with van der Waals surface area (Å²) in [6.07, 6.45) is 1.64. The molecule has 0 aliphatic carbocycles. The first kappa shape index (κ1) is 15.9. The molecule has 3 rings (SSSR count). The number of pyridine rings is 1. The van der Waals surface area contributed by atoms with Crippen molar-refractivity contribution in [1.82, 2.24) is 15.0 Å². The standard InChI is InChI=1S/C18H19N5O/c1-11-15(12(2)21-18(20-11)23(3)4)22-17(24)16-14-8-6-5-7-13(14)9-10-19-16/h5-10H,1-4H3,(H,22,24). The summed E-state index contributed by atoms with van der Waals surface area (Å²) in [5.41, 5.74) is 2.46. The lowest BCUT2D eigenvalue weighted by Crippen LogP contribution is -2.19. The topological polar surface area (TPSA) is 71.0 Å². The van der Waals surface area contributed by atoms with Crippen LogP contribution in [0, 0.1) is 13.8 Å². The molecular weight excluding hydrogens is 302 g/mol. The van der Waals surface area contributed by atoms with Gasteiger partial charge in [-0.1, -0.05) is 24.3 Å². The van der Waals surface area contributed by atoms with Crippen LogP contribution in [0.15, 0.2) is 36.5 Å². The number of hydrogen-bond acceptors (Lipinski definition) is 5. The molecule has 0 bridgehead atoms. The third-order valence-corrected chi connectivity index (χ3v) is 3.79. The van der Waals surface area contributed by atoms with Gasteiger partial charge in [0.2, 0.25) is 5.95 Å². The van der Waals surface area contributed by atoms with Crippen LogP contribution in [-0.2, 0) is 0 Å². The number of aryl methyl sites for hydroxylation is 2. The molecule has 0 unspecified atom stereocenters. The van der Waals surface area contributed by atoms with Crippen LogP contribution in [0.1, 0.15) is 21.9 Å². The number of carbonyl (C=O) groups excluding carboxylic acids is 1. The first-order valence-electron chi connectivity index (χ1n) is 7.65. The van der Waals surface area contributed by atoms with Crippen molar-refractivity contribution >= 4 is 28.3 Å². The van der Waals surface area contributed by atoms with Gasteiger partial charge in [-0.15, -0.1) is 0 Å². The van der Waals surface area contributed by atoms with Gasteiger partial charge in [0.05, 0.1) is 17.1 Å². The number of rotatable bonds is 3. The lowest BCUT2D eigenvalue weighted by Gasteiger charge is -2.16. The van der Waals surface area contributed by atoms with Crippen molar-refractivity contribution < 1.29 is 4.79 Å². The highest BCUT2D eigenvalue weighted by Crippen LogP contribution is 2.22. The van der Waals surface area contributed by atoms with Gasteiger partial charge in [0.1, 0.15) is 5.69 Å². The lowest BCUT2D eigenvalue weighted by atomic mass is 10.1. The van der Waals surface area contributed by atoms with Crippen molar-refractivity contribution in [2.24, 2.45) is 0 Å². The van der Waals surface area contributed by atoms with Gasteiger partial charge in [-0.25, -0.2) is 9.97 Å². The minimum Gasteiger partial charge on any atom is -0.347 e. The fourth-order valence-corrected chi connectivity index (χ4v) is 2.55. The van der Waals surface area contributed by atoms with Crippen molar-refractivity contribution in [2.75, 3.05) is 24.3 Å². The first-order valence-corrected chi connectivity index (χ1v) is 7.65. The molecule has 2 aromatic heterocycles. The monoisotopic (exact) mass is 321 g/mol. The van der Waals surface area contributed by atoms with Gasteiger partial charge in [-0.05, 0) is 25.3 Å². The molecule has 1 aromatic carbocycles. The average molecular weight is 321 g/mol. The Morgan fingerprint density at radius 3 is 2.38 bits per heavy atom. The highest BCUT2D eigenvalue weighted by molar-refractivity contribution is 6.11. The van der Waals surface area contributed by atoms with E-state index >= 15 is 0 Å². The minimum absolute atomic E-state index is 0.265. The predicted octanol–water partition coefficient (Wildman–Crippen LogP) is 2.96. The summed E-state index contributed by atoms with van der Waals surface area (Å²) in [7, 11) is 3.76. The van der Waals surface area contributed by atoms with Crippen molar-refractivity contribution in [3.63, 3.8) is 0 Å². The number of fused-ring (bicyclic) bond motifs is 1. The Labute approximate surface area is 140 Å². The summed E-state index contributed by atoms with van der Waals surface area (Å²) >= 11 is 0. The molecule has 0 fully saturated rings. The van der Waals surface area contributed by atoms with Gasteiger partial charge in [0, 0.05) is 25.7 Å². The Bertz CT molecular complexity index is 892. The van der Waals surface area contributed by atoms with E-state index in [0.717, 1.165) is 22.2 Å². The molecule has 0 aliphatic heterocycles. The molecule has 0 saturated carbocycles. The van der Waals surface area contributed by atoms with Crippen LogP contribution < -0.4 is 10.2 Å². The quantitative estimate of drug-likeness (QED) is 0.803. The Morgan fingerprint density at radius 1 is 1.04 bits per heavy atom. The molecule has 0 radical (unpaired) electrons. The van der Waals surface area contributed by atoms with Crippen LogP contribution >= 0.6 is 0 Å². The normalized spacial score (nSPS) is 10.7. The van der Waals surface area contributed by atoms with Gasteiger partial charge in [0.25, 0.3) is 5.91 Å². The molecule has 3 aromatic rings. The van der Waals surface area contributed by atoms with Crippen molar-refractivity contribution in [2.45, 2.75) is 13.8 Å². The van der Waals surface area contributed by atoms with Crippen molar-refractivity contribution in [1.29, 1.82) is 0 Å². The maximum atomic E-state index is 12.7. The van der Waals surface area contributed by atoms with Gasteiger partial charge in [-0.3, -0.25) is 9.78 Å². The number of nitrogens with zero attached hydrogens (tertiary/aromatic N) is 4. The number of anilines is 2. The van der Waals surface area contributed by atoms with Crippen LogP contribution in [0.3, 0.4) is 0 Å². The molecule has 6 nitrogen and oxygen atoms in total. The number of aromatic nitrogens is 3. The molecule has 0 atom stereocenters. The summed E-state index contributed by atoms with van der Waals surface area (Å²) < 4.78 is 0. The summed E-state index contributed by atoms with van der Waals surface area (Å²) in [6, 6.07) is 9.57. The highest BCUT2D eigenvalue weighted by Gasteiger charge is 2.16. The van der Waals surface area contributed by atoms with Gasteiger partial charge < -0.3 is 10.2 Å². The number of hydrogen-bond donors (Lipinski definition) is 1. The zero-order chi connectivity index (χ0) is 17.3.